The number of amides is 1. The molecule has 0 aliphatic carbocycles. The Morgan fingerprint density at radius 2 is 1.74 bits per heavy atom. The van der Waals surface area contributed by atoms with Crippen LogP contribution >= 0.6 is 0 Å². The summed E-state index contributed by atoms with van der Waals surface area (Å²) in [6.07, 6.45) is 5.33. The van der Waals surface area contributed by atoms with Gasteiger partial charge < -0.3 is 10.3 Å². The molecule has 1 aromatic heterocycles. The van der Waals surface area contributed by atoms with E-state index < -0.39 is 0 Å². The Kier molecular flexibility index (Phi) is 6.42. The Labute approximate surface area is 160 Å². The molecule has 0 unspecified atom stereocenters. The average molecular weight is 362 g/mol. The standard InChI is InChI=1S/C23H26N2O2/c1-2-5-17-8-10-18(11-9-17)22(26)12-13-23(27)24-15-14-19-16-25-21-7-4-3-6-20(19)21/h3-4,6-11,16,25H,2,5,12-15H2,1H3,(H,24,27). The van der Waals surface area contributed by atoms with Gasteiger partial charge in [0.25, 0.3) is 0 Å². The predicted molar refractivity (Wildman–Crippen MR) is 109 cm³/mol. The van der Waals surface area contributed by atoms with E-state index in [1.807, 2.05) is 48.7 Å². The number of para-hydroxylation sites is 1. The molecular formula is C23H26N2O2. The summed E-state index contributed by atoms with van der Waals surface area (Å²) in [5.41, 5.74) is 4.22. The fourth-order valence-electron chi connectivity index (χ4n) is 3.28. The second kappa shape index (κ2) is 9.17. The molecule has 140 valence electrons. The van der Waals surface area contributed by atoms with E-state index in [2.05, 4.69) is 23.3 Å². The number of ketones is 1. The number of rotatable bonds is 9. The van der Waals surface area contributed by atoms with Gasteiger partial charge in [-0.1, -0.05) is 55.8 Å². The molecule has 0 spiro atoms. The number of hydrogen-bond donors (Lipinski definition) is 2. The quantitative estimate of drug-likeness (QED) is 0.553. The first-order valence-corrected chi connectivity index (χ1v) is 9.61. The van der Waals surface area contributed by atoms with E-state index in [0.29, 0.717) is 12.1 Å². The van der Waals surface area contributed by atoms with Crippen molar-refractivity contribution in [1.29, 1.82) is 0 Å². The molecule has 2 aromatic carbocycles. The van der Waals surface area contributed by atoms with Crippen LogP contribution in [0.1, 0.15) is 47.7 Å². The number of aryl methyl sites for hydroxylation is 1. The van der Waals surface area contributed by atoms with Crippen LogP contribution in [0.25, 0.3) is 10.9 Å². The van der Waals surface area contributed by atoms with Crippen molar-refractivity contribution in [3.8, 4) is 0 Å². The molecule has 4 nitrogen and oxygen atoms in total. The van der Waals surface area contributed by atoms with Gasteiger partial charge in [-0.2, -0.15) is 0 Å². The van der Waals surface area contributed by atoms with Gasteiger partial charge in [-0.15, -0.1) is 0 Å². The van der Waals surface area contributed by atoms with E-state index >= 15 is 0 Å². The van der Waals surface area contributed by atoms with Gasteiger partial charge in [0.2, 0.25) is 5.91 Å². The smallest absolute Gasteiger partial charge is 0.220 e. The van der Waals surface area contributed by atoms with E-state index in [4.69, 9.17) is 0 Å². The van der Waals surface area contributed by atoms with Crippen molar-refractivity contribution in [1.82, 2.24) is 10.3 Å². The van der Waals surface area contributed by atoms with Crippen molar-refractivity contribution < 1.29 is 9.59 Å². The minimum Gasteiger partial charge on any atom is -0.361 e. The molecule has 0 aliphatic rings. The van der Waals surface area contributed by atoms with Crippen LogP contribution in [0, 0.1) is 0 Å². The molecule has 0 bridgehead atoms. The van der Waals surface area contributed by atoms with E-state index in [1.165, 1.54) is 16.5 Å². The summed E-state index contributed by atoms with van der Waals surface area (Å²) >= 11 is 0. The number of carbonyl (C=O) groups is 2. The Morgan fingerprint density at radius 1 is 0.963 bits per heavy atom. The molecule has 0 atom stereocenters. The number of aromatic amines is 1. The van der Waals surface area contributed by atoms with Gasteiger partial charge in [0.1, 0.15) is 0 Å². The van der Waals surface area contributed by atoms with Crippen LogP contribution in [0.15, 0.2) is 54.7 Å². The lowest BCUT2D eigenvalue weighted by Crippen LogP contribution is -2.26. The molecule has 27 heavy (non-hydrogen) atoms. The van der Waals surface area contributed by atoms with Gasteiger partial charge >= 0.3 is 0 Å². The Balaban J connectivity index is 1.42. The Morgan fingerprint density at radius 3 is 2.52 bits per heavy atom. The topological polar surface area (TPSA) is 62.0 Å². The number of H-pyrrole nitrogens is 1. The molecule has 4 heteroatoms. The van der Waals surface area contributed by atoms with Gasteiger partial charge in [-0.25, -0.2) is 0 Å². The zero-order valence-corrected chi connectivity index (χ0v) is 15.8. The monoisotopic (exact) mass is 362 g/mol. The van der Waals surface area contributed by atoms with E-state index in [9.17, 15) is 9.59 Å². The molecular weight excluding hydrogens is 336 g/mol. The maximum absolute atomic E-state index is 12.2. The Bertz CT molecular complexity index is 910. The van der Waals surface area contributed by atoms with E-state index in [1.54, 1.807) is 0 Å². The average Bonchev–Trinajstić information content (AvgIpc) is 3.10. The number of hydrogen-bond acceptors (Lipinski definition) is 2. The van der Waals surface area contributed by atoms with E-state index in [0.717, 1.165) is 24.8 Å². The number of fused-ring (bicyclic) bond motifs is 1. The van der Waals surface area contributed by atoms with Crippen LogP contribution in [0.5, 0.6) is 0 Å². The SMILES string of the molecule is CCCc1ccc(C(=O)CCC(=O)NCCc2c[nH]c3ccccc23)cc1. The summed E-state index contributed by atoms with van der Waals surface area (Å²) < 4.78 is 0. The van der Waals surface area contributed by atoms with Crippen LogP contribution < -0.4 is 5.32 Å². The number of nitrogens with one attached hydrogen (secondary N) is 2. The maximum Gasteiger partial charge on any atom is 0.220 e. The van der Waals surface area contributed by atoms with Crippen LogP contribution in [0.2, 0.25) is 0 Å². The largest absolute Gasteiger partial charge is 0.361 e. The highest BCUT2D eigenvalue weighted by atomic mass is 16.2. The van der Waals surface area contributed by atoms with Crippen LogP contribution in [0.4, 0.5) is 0 Å². The first kappa shape index (κ1) is 18.9. The fourth-order valence-corrected chi connectivity index (χ4v) is 3.28. The minimum absolute atomic E-state index is 0.0184. The van der Waals surface area contributed by atoms with Crippen molar-refractivity contribution in [2.24, 2.45) is 0 Å². The molecule has 0 saturated heterocycles. The molecule has 0 radical (unpaired) electrons. The summed E-state index contributed by atoms with van der Waals surface area (Å²) in [6, 6.07) is 15.9. The fraction of sp³-hybridized carbons (Fsp3) is 0.304. The van der Waals surface area contributed by atoms with Gasteiger partial charge in [0.15, 0.2) is 5.78 Å². The summed E-state index contributed by atoms with van der Waals surface area (Å²) in [5.74, 6) is -0.0596. The summed E-state index contributed by atoms with van der Waals surface area (Å²) in [7, 11) is 0. The lowest BCUT2D eigenvalue weighted by Gasteiger charge is -2.06. The van der Waals surface area contributed by atoms with Gasteiger partial charge in [-0.05, 0) is 30.0 Å². The second-order valence-electron chi connectivity index (χ2n) is 6.83. The molecule has 0 aliphatic heterocycles. The number of aromatic nitrogens is 1. The van der Waals surface area contributed by atoms with Crippen molar-refractivity contribution in [2.45, 2.75) is 39.0 Å². The van der Waals surface area contributed by atoms with Gasteiger partial charge in [0, 0.05) is 42.0 Å². The lowest BCUT2D eigenvalue weighted by molar-refractivity contribution is -0.121. The van der Waals surface area contributed by atoms with Crippen molar-refractivity contribution in [3.05, 3.63) is 71.4 Å². The Hall–Kier alpha value is -2.88. The molecule has 2 N–H and O–H groups in total. The third-order valence-electron chi connectivity index (χ3n) is 4.79. The van der Waals surface area contributed by atoms with Crippen LogP contribution in [0.3, 0.4) is 0 Å². The van der Waals surface area contributed by atoms with Crippen molar-refractivity contribution in [2.75, 3.05) is 6.54 Å². The normalized spacial score (nSPS) is 10.9. The summed E-state index contributed by atoms with van der Waals surface area (Å²) in [5, 5.41) is 4.10. The maximum atomic E-state index is 12.2. The number of Topliss-reactive ketones (excluding diaryl/α,β-unsaturated/α-hetero) is 1. The minimum atomic E-state index is -0.0780. The van der Waals surface area contributed by atoms with E-state index in [-0.39, 0.29) is 24.5 Å². The second-order valence-corrected chi connectivity index (χ2v) is 6.83. The number of benzene rings is 2. The molecule has 3 rings (SSSR count). The van der Waals surface area contributed by atoms with Gasteiger partial charge in [-0.3, -0.25) is 9.59 Å². The first-order chi connectivity index (χ1) is 13.2. The molecule has 1 amide bonds. The highest BCUT2D eigenvalue weighted by molar-refractivity contribution is 5.98. The van der Waals surface area contributed by atoms with Crippen LogP contribution in [-0.4, -0.2) is 23.2 Å². The first-order valence-electron chi connectivity index (χ1n) is 9.61. The third kappa shape index (κ3) is 5.07. The van der Waals surface area contributed by atoms with Gasteiger partial charge in [0.05, 0.1) is 0 Å². The summed E-state index contributed by atoms with van der Waals surface area (Å²) in [4.78, 5) is 27.5. The molecule has 3 aromatic rings. The lowest BCUT2D eigenvalue weighted by atomic mass is 10.0. The zero-order chi connectivity index (χ0) is 19.1. The van der Waals surface area contributed by atoms with Crippen LogP contribution in [-0.2, 0) is 17.6 Å². The highest BCUT2D eigenvalue weighted by Gasteiger charge is 2.10. The highest BCUT2D eigenvalue weighted by Crippen LogP contribution is 2.17. The van der Waals surface area contributed by atoms with Crippen molar-refractivity contribution >= 4 is 22.6 Å². The third-order valence-corrected chi connectivity index (χ3v) is 4.79. The summed E-state index contributed by atoms with van der Waals surface area (Å²) in [6.45, 7) is 2.71. The predicted octanol–water partition coefficient (Wildman–Crippen LogP) is 4.44. The number of carbonyl (C=O) groups excluding carboxylic acids is 2. The molecule has 0 fully saturated rings. The zero-order valence-electron chi connectivity index (χ0n) is 15.8. The molecule has 1 heterocycles. The molecule has 0 saturated carbocycles. The van der Waals surface area contributed by atoms with Crippen molar-refractivity contribution in [3.63, 3.8) is 0 Å².